The number of aryl methyl sites for hydroxylation is 1. The van der Waals surface area contributed by atoms with Gasteiger partial charge in [-0.2, -0.15) is 9.50 Å². The van der Waals surface area contributed by atoms with Crippen molar-refractivity contribution in [3.8, 4) is 11.4 Å². The number of rotatable bonds is 6. The first kappa shape index (κ1) is 20.3. The number of carbonyl (C=O) groups is 1. The summed E-state index contributed by atoms with van der Waals surface area (Å²) in [5.74, 6) is 1.60. The van der Waals surface area contributed by atoms with Gasteiger partial charge in [0.25, 0.3) is 11.7 Å². The quantitative estimate of drug-likeness (QED) is 0.419. The maximum Gasteiger partial charge on any atom is 0.254 e. The number of carbonyl (C=O) groups excluding carboxylic acids is 1. The Morgan fingerprint density at radius 2 is 1.76 bits per heavy atom. The van der Waals surface area contributed by atoms with E-state index in [1.165, 1.54) is 0 Å². The molecule has 0 saturated carbocycles. The molecule has 4 heterocycles. The molecule has 0 aliphatic heterocycles. The number of fused-ring (bicyclic) bond motifs is 1. The molecule has 0 unspecified atom stereocenters. The number of nitrogens with one attached hydrogen (secondary N) is 2. The molecule has 4 aromatic heterocycles. The van der Waals surface area contributed by atoms with Crippen molar-refractivity contribution in [2.75, 3.05) is 5.32 Å². The molecular weight excluding hydrogens is 416 g/mol. The molecule has 9 nitrogen and oxygen atoms in total. The minimum atomic E-state index is -0.148. The number of hydrogen-bond acceptors (Lipinski definition) is 7. The Kier molecular flexibility index (Phi) is 5.42. The van der Waals surface area contributed by atoms with E-state index < -0.39 is 0 Å². The summed E-state index contributed by atoms with van der Waals surface area (Å²) in [6.07, 6.45) is 6.85. The Bertz CT molecular complexity index is 1400. The van der Waals surface area contributed by atoms with Crippen LogP contribution in [0.15, 0.2) is 79.4 Å². The van der Waals surface area contributed by atoms with Crippen LogP contribution in [-0.4, -0.2) is 35.5 Å². The van der Waals surface area contributed by atoms with Crippen LogP contribution in [0.25, 0.3) is 17.2 Å². The molecular formula is C24H20N8O. The molecule has 9 heteroatoms. The molecule has 1 amide bonds. The molecule has 2 N–H and O–H groups in total. The van der Waals surface area contributed by atoms with Gasteiger partial charge in [0.05, 0.1) is 0 Å². The smallest absolute Gasteiger partial charge is 0.254 e. The molecule has 5 aromatic rings. The Morgan fingerprint density at radius 1 is 0.970 bits per heavy atom. The lowest BCUT2D eigenvalue weighted by atomic mass is 10.2. The largest absolute Gasteiger partial charge is 0.348 e. The monoisotopic (exact) mass is 436 g/mol. The van der Waals surface area contributed by atoms with Crippen molar-refractivity contribution >= 4 is 23.2 Å². The average Bonchev–Trinajstić information content (AvgIpc) is 3.28. The van der Waals surface area contributed by atoms with Gasteiger partial charge in [-0.25, -0.2) is 4.98 Å². The topological polar surface area (TPSA) is 110 Å². The first-order valence-corrected chi connectivity index (χ1v) is 10.3. The highest BCUT2D eigenvalue weighted by Crippen LogP contribution is 2.21. The zero-order valence-corrected chi connectivity index (χ0v) is 17.8. The predicted octanol–water partition coefficient (Wildman–Crippen LogP) is 3.56. The second-order valence-electron chi connectivity index (χ2n) is 7.42. The SMILES string of the molecule is Cc1cc(Nc2ccc(C(=O)NCc3cccnc3)cc2)n2nc(-c3cccnc3)nc2n1. The fraction of sp³-hybridized carbons (Fsp3) is 0.0833. The van der Waals surface area contributed by atoms with Gasteiger partial charge in [-0.3, -0.25) is 14.8 Å². The zero-order valence-electron chi connectivity index (χ0n) is 17.8. The number of nitrogens with zero attached hydrogens (tertiary/aromatic N) is 6. The molecule has 0 fully saturated rings. The summed E-state index contributed by atoms with van der Waals surface area (Å²) in [5.41, 5.74) is 3.94. The number of hydrogen-bond donors (Lipinski definition) is 2. The average molecular weight is 436 g/mol. The first-order valence-electron chi connectivity index (χ1n) is 10.3. The minimum absolute atomic E-state index is 0.148. The molecule has 162 valence electrons. The molecule has 0 bridgehead atoms. The summed E-state index contributed by atoms with van der Waals surface area (Å²) in [6, 6.07) is 16.6. The van der Waals surface area contributed by atoms with Crippen LogP contribution in [0.5, 0.6) is 0 Å². The van der Waals surface area contributed by atoms with E-state index in [4.69, 9.17) is 0 Å². The third kappa shape index (κ3) is 4.52. The summed E-state index contributed by atoms with van der Waals surface area (Å²) < 4.78 is 1.66. The van der Waals surface area contributed by atoms with E-state index in [2.05, 4.69) is 35.7 Å². The van der Waals surface area contributed by atoms with Crippen molar-refractivity contribution in [2.45, 2.75) is 13.5 Å². The van der Waals surface area contributed by atoms with Gasteiger partial charge in [-0.1, -0.05) is 6.07 Å². The van der Waals surface area contributed by atoms with Gasteiger partial charge in [-0.05, 0) is 55.0 Å². The van der Waals surface area contributed by atoms with Crippen LogP contribution in [0.1, 0.15) is 21.6 Å². The highest BCUT2D eigenvalue weighted by Gasteiger charge is 2.12. The summed E-state index contributed by atoms with van der Waals surface area (Å²) in [7, 11) is 0. The Balaban J connectivity index is 1.34. The van der Waals surface area contributed by atoms with E-state index in [1.54, 1.807) is 41.4 Å². The van der Waals surface area contributed by atoms with Crippen LogP contribution in [0.3, 0.4) is 0 Å². The fourth-order valence-corrected chi connectivity index (χ4v) is 3.33. The van der Waals surface area contributed by atoms with E-state index in [-0.39, 0.29) is 5.91 Å². The maximum absolute atomic E-state index is 12.5. The Labute approximate surface area is 189 Å². The van der Waals surface area contributed by atoms with Crippen molar-refractivity contribution in [1.82, 2.24) is 34.9 Å². The van der Waals surface area contributed by atoms with Crippen LogP contribution in [0, 0.1) is 6.92 Å². The summed E-state index contributed by atoms with van der Waals surface area (Å²) in [5, 5.41) is 10.8. The van der Waals surface area contributed by atoms with Crippen LogP contribution in [-0.2, 0) is 6.54 Å². The van der Waals surface area contributed by atoms with E-state index in [0.717, 1.165) is 22.5 Å². The molecule has 33 heavy (non-hydrogen) atoms. The lowest BCUT2D eigenvalue weighted by Crippen LogP contribution is -2.22. The second-order valence-corrected chi connectivity index (χ2v) is 7.42. The van der Waals surface area contributed by atoms with Crippen LogP contribution >= 0.6 is 0 Å². The van der Waals surface area contributed by atoms with E-state index in [1.807, 2.05) is 49.4 Å². The molecule has 0 atom stereocenters. The second kappa shape index (κ2) is 8.83. The van der Waals surface area contributed by atoms with Crippen LogP contribution < -0.4 is 10.6 Å². The van der Waals surface area contributed by atoms with Crippen LogP contribution in [0.2, 0.25) is 0 Å². The lowest BCUT2D eigenvalue weighted by molar-refractivity contribution is 0.0951. The summed E-state index contributed by atoms with van der Waals surface area (Å²) in [6.45, 7) is 2.33. The molecule has 5 rings (SSSR count). The first-order chi connectivity index (χ1) is 16.2. The van der Waals surface area contributed by atoms with Crippen LogP contribution in [0.4, 0.5) is 11.5 Å². The number of aromatic nitrogens is 6. The highest BCUT2D eigenvalue weighted by atomic mass is 16.1. The number of amides is 1. The molecule has 0 aliphatic rings. The number of pyridine rings is 2. The standard InChI is InChI=1S/C24H20N8O/c1-16-12-21(32-24(28-16)30-22(31-32)19-5-3-11-26-15-19)29-20-8-6-18(7-9-20)23(33)27-14-17-4-2-10-25-13-17/h2-13,15,29H,14H2,1H3,(H,27,33). The Morgan fingerprint density at radius 3 is 2.48 bits per heavy atom. The molecule has 0 spiro atoms. The summed E-state index contributed by atoms with van der Waals surface area (Å²) in [4.78, 5) is 29.7. The van der Waals surface area contributed by atoms with E-state index in [9.17, 15) is 4.79 Å². The van der Waals surface area contributed by atoms with Crippen molar-refractivity contribution in [1.29, 1.82) is 0 Å². The van der Waals surface area contributed by atoms with Gasteiger partial charge >= 0.3 is 0 Å². The van der Waals surface area contributed by atoms with Gasteiger partial charge in [0, 0.05) is 59.9 Å². The predicted molar refractivity (Wildman–Crippen MR) is 124 cm³/mol. The van der Waals surface area contributed by atoms with Crippen molar-refractivity contribution < 1.29 is 4.79 Å². The number of anilines is 2. The molecule has 0 aliphatic carbocycles. The summed E-state index contributed by atoms with van der Waals surface area (Å²) >= 11 is 0. The lowest BCUT2D eigenvalue weighted by Gasteiger charge is -2.10. The maximum atomic E-state index is 12.5. The van der Waals surface area contributed by atoms with E-state index in [0.29, 0.717) is 29.5 Å². The highest BCUT2D eigenvalue weighted by molar-refractivity contribution is 5.94. The van der Waals surface area contributed by atoms with Gasteiger partial charge in [0.1, 0.15) is 5.82 Å². The fourth-order valence-electron chi connectivity index (χ4n) is 3.33. The van der Waals surface area contributed by atoms with Gasteiger partial charge in [0.2, 0.25) is 0 Å². The van der Waals surface area contributed by atoms with Crippen molar-refractivity contribution in [3.63, 3.8) is 0 Å². The minimum Gasteiger partial charge on any atom is -0.348 e. The number of benzene rings is 1. The van der Waals surface area contributed by atoms with Gasteiger partial charge in [0.15, 0.2) is 5.82 Å². The van der Waals surface area contributed by atoms with Crippen molar-refractivity contribution in [3.05, 3.63) is 96.2 Å². The molecule has 0 saturated heterocycles. The normalized spacial score (nSPS) is 10.8. The third-order valence-electron chi connectivity index (χ3n) is 4.96. The van der Waals surface area contributed by atoms with E-state index >= 15 is 0 Å². The third-order valence-corrected chi connectivity index (χ3v) is 4.96. The Hall–Kier alpha value is -4.66. The molecule has 1 aromatic carbocycles. The molecule has 0 radical (unpaired) electrons. The van der Waals surface area contributed by atoms with Gasteiger partial charge < -0.3 is 10.6 Å². The zero-order chi connectivity index (χ0) is 22.6. The van der Waals surface area contributed by atoms with Crippen molar-refractivity contribution in [2.24, 2.45) is 0 Å². The van der Waals surface area contributed by atoms with Gasteiger partial charge in [-0.15, -0.1) is 5.10 Å².